The van der Waals surface area contributed by atoms with E-state index in [9.17, 15) is 8.42 Å². The van der Waals surface area contributed by atoms with Crippen LogP contribution in [0.5, 0.6) is 0 Å². The van der Waals surface area contributed by atoms with E-state index in [0.717, 1.165) is 22.1 Å². The molecule has 158 valence electrons. The van der Waals surface area contributed by atoms with Gasteiger partial charge in [0.15, 0.2) is 5.16 Å². The van der Waals surface area contributed by atoms with Crippen molar-refractivity contribution in [1.29, 1.82) is 0 Å². The van der Waals surface area contributed by atoms with Crippen molar-refractivity contribution in [3.8, 4) is 0 Å². The molecule has 0 amide bonds. The van der Waals surface area contributed by atoms with Crippen LogP contribution in [-0.4, -0.2) is 28.9 Å². The van der Waals surface area contributed by atoms with Crippen LogP contribution in [0, 0.1) is 13.8 Å². The van der Waals surface area contributed by atoms with E-state index >= 15 is 0 Å². The summed E-state index contributed by atoms with van der Waals surface area (Å²) < 4.78 is 30.8. The van der Waals surface area contributed by atoms with Crippen LogP contribution in [0.25, 0.3) is 0 Å². The number of hydrogen-bond acceptors (Lipinski definition) is 5. The van der Waals surface area contributed by atoms with Crippen LogP contribution in [0.4, 0.5) is 0 Å². The van der Waals surface area contributed by atoms with Gasteiger partial charge in [-0.3, -0.25) is 0 Å². The van der Waals surface area contributed by atoms with Crippen molar-refractivity contribution in [2.24, 2.45) is 0 Å². The Hall–Kier alpha value is -2.42. The Morgan fingerprint density at radius 3 is 2.47 bits per heavy atom. The van der Waals surface area contributed by atoms with E-state index in [1.54, 1.807) is 36.0 Å². The average Bonchev–Trinajstić information content (AvgIpc) is 3.08. The van der Waals surface area contributed by atoms with Crippen LogP contribution in [0.3, 0.4) is 0 Å². The van der Waals surface area contributed by atoms with Crippen molar-refractivity contribution in [3.05, 3.63) is 84.2 Å². The lowest BCUT2D eigenvalue weighted by atomic mass is 10.1. The summed E-state index contributed by atoms with van der Waals surface area (Å²) in [5.74, 6) is 1.52. The van der Waals surface area contributed by atoms with Gasteiger partial charge in [0.05, 0.1) is 4.90 Å². The second-order valence-corrected chi connectivity index (χ2v) is 9.74. The van der Waals surface area contributed by atoms with Gasteiger partial charge >= 0.3 is 0 Å². The zero-order valence-corrected chi connectivity index (χ0v) is 18.8. The Morgan fingerprint density at radius 2 is 1.80 bits per heavy atom. The zero-order valence-electron chi connectivity index (χ0n) is 17.2. The fraction of sp³-hybridized carbons (Fsp3) is 0.273. The predicted molar refractivity (Wildman–Crippen MR) is 121 cm³/mol. The molecule has 1 atom stereocenters. The van der Waals surface area contributed by atoms with Crippen molar-refractivity contribution >= 4 is 21.8 Å². The van der Waals surface area contributed by atoms with E-state index in [2.05, 4.69) is 21.5 Å². The molecule has 0 radical (unpaired) electrons. The van der Waals surface area contributed by atoms with E-state index in [1.807, 2.05) is 54.8 Å². The number of nitrogens with zero attached hydrogens (tertiary/aromatic N) is 3. The van der Waals surface area contributed by atoms with Crippen molar-refractivity contribution in [2.45, 2.75) is 42.9 Å². The van der Waals surface area contributed by atoms with E-state index in [4.69, 9.17) is 0 Å². The third-order valence-electron chi connectivity index (χ3n) is 4.68. The van der Waals surface area contributed by atoms with Crippen molar-refractivity contribution in [1.82, 2.24) is 19.5 Å². The molecule has 8 heteroatoms. The summed E-state index contributed by atoms with van der Waals surface area (Å²) in [6.45, 7) is 8.26. The van der Waals surface area contributed by atoms with E-state index in [-0.39, 0.29) is 10.9 Å². The lowest BCUT2D eigenvalue weighted by Crippen LogP contribution is -2.29. The quantitative estimate of drug-likeness (QED) is 0.375. The first-order valence-corrected chi connectivity index (χ1v) is 12.1. The van der Waals surface area contributed by atoms with Gasteiger partial charge in [0, 0.05) is 18.3 Å². The Bertz CT molecular complexity index is 1080. The number of benzene rings is 2. The Morgan fingerprint density at radius 1 is 1.10 bits per heavy atom. The normalized spacial score (nSPS) is 12.6. The van der Waals surface area contributed by atoms with Crippen LogP contribution in [0.15, 0.2) is 77.3 Å². The summed E-state index contributed by atoms with van der Waals surface area (Å²) in [6, 6.07) is 16.2. The van der Waals surface area contributed by atoms with Crippen LogP contribution >= 0.6 is 11.8 Å². The first-order chi connectivity index (χ1) is 14.4. The molecule has 0 fully saturated rings. The van der Waals surface area contributed by atoms with Crippen LogP contribution in [0.2, 0.25) is 0 Å². The molecule has 0 spiro atoms. The summed E-state index contributed by atoms with van der Waals surface area (Å²) in [6.07, 6.45) is 2.42. The van der Waals surface area contributed by atoms with Crippen LogP contribution < -0.4 is 4.72 Å². The summed E-state index contributed by atoms with van der Waals surface area (Å²) in [5, 5.41) is 9.16. The van der Waals surface area contributed by atoms with Gasteiger partial charge in [-0.25, -0.2) is 13.1 Å². The van der Waals surface area contributed by atoms with Gasteiger partial charge in [-0.1, -0.05) is 65.9 Å². The molecule has 6 nitrogen and oxygen atoms in total. The number of nitrogens with one attached hydrogen (secondary N) is 1. The molecule has 1 aromatic heterocycles. The number of allylic oxidation sites excluding steroid dienone is 1. The van der Waals surface area contributed by atoms with Crippen molar-refractivity contribution in [3.63, 3.8) is 0 Å². The Balaban J connectivity index is 1.75. The number of hydrogen-bond donors (Lipinski definition) is 1. The summed E-state index contributed by atoms with van der Waals surface area (Å²) >= 11 is 1.56. The highest BCUT2D eigenvalue weighted by atomic mass is 32.2. The molecule has 0 bridgehead atoms. The zero-order chi connectivity index (χ0) is 21.6. The second kappa shape index (κ2) is 10.1. The minimum Gasteiger partial charge on any atom is -0.302 e. The fourth-order valence-electron chi connectivity index (χ4n) is 3.03. The van der Waals surface area contributed by atoms with Gasteiger partial charge in [-0.05, 0) is 38.0 Å². The minimum absolute atomic E-state index is 0.267. The first-order valence-electron chi connectivity index (χ1n) is 9.68. The molecule has 1 N–H and O–H groups in total. The van der Waals surface area contributed by atoms with Gasteiger partial charge < -0.3 is 4.57 Å². The number of rotatable bonds is 10. The van der Waals surface area contributed by atoms with Gasteiger partial charge in [0.25, 0.3) is 0 Å². The molecule has 0 aliphatic rings. The Labute approximate surface area is 182 Å². The van der Waals surface area contributed by atoms with E-state index in [1.165, 1.54) is 0 Å². The molecule has 0 saturated carbocycles. The van der Waals surface area contributed by atoms with E-state index < -0.39 is 10.0 Å². The predicted octanol–water partition coefficient (Wildman–Crippen LogP) is 4.28. The molecule has 2 aromatic carbocycles. The highest BCUT2D eigenvalue weighted by Gasteiger charge is 2.21. The molecule has 1 heterocycles. The number of sulfonamides is 1. The maximum Gasteiger partial charge on any atom is 0.241 e. The minimum atomic E-state index is -3.64. The lowest BCUT2D eigenvalue weighted by molar-refractivity contribution is 0.551. The van der Waals surface area contributed by atoms with Gasteiger partial charge in [-0.2, -0.15) is 0 Å². The number of aromatic nitrogens is 3. The topological polar surface area (TPSA) is 76.9 Å². The SMILES string of the molecule is C=CCn1c(C)nnc1SCCC(NS(=O)(=O)c1ccc(C)cc1)c1ccccc1. The highest BCUT2D eigenvalue weighted by Crippen LogP contribution is 2.25. The molecule has 0 aliphatic carbocycles. The maximum atomic E-state index is 12.9. The molecular weight excluding hydrogens is 416 g/mol. The summed E-state index contributed by atoms with van der Waals surface area (Å²) in [4.78, 5) is 0.267. The standard InChI is InChI=1S/C22H26N4O2S2/c1-4-15-26-18(3)23-24-22(26)29-16-14-21(19-8-6-5-7-9-19)25-30(27,28)20-12-10-17(2)11-13-20/h4-13,21,25H,1,14-16H2,2-3H3. The van der Waals surface area contributed by atoms with Crippen molar-refractivity contribution < 1.29 is 8.42 Å². The highest BCUT2D eigenvalue weighted by molar-refractivity contribution is 7.99. The third kappa shape index (κ3) is 5.59. The molecule has 1 unspecified atom stereocenters. The van der Waals surface area contributed by atoms with Crippen LogP contribution in [0.1, 0.15) is 29.4 Å². The Kier molecular flexibility index (Phi) is 7.47. The monoisotopic (exact) mass is 442 g/mol. The molecule has 0 saturated heterocycles. The number of thioether (sulfide) groups is 1. The first kappa shape index (κ1) is 22.3. The smallest absolute Gasteiger partial charge is 0.241 e. The maximum absolute atomic E-state index is 12.9. The van der Waals surface area contributed by atoms with Gasteiger partial charge in [0.1, 0.15) is 5.82 Å². The second-order valence-electron chi connectivity index (χ2n) is 6.96. The summed E-state index contributed by atoms with van der Waals surface area (Å²) in [7, 11) is -3.64. The average molecular weight is 443 g/mol. The summed E-state index contributed by atoms with van der Waals surface area (Å²) in [5.41, 5.74) is 1.95. The lowest BCUT2D eigenvalue weighted by Gasteiger charge is -2.19. The number of aryl methyl sites for hydroxylation is 2. The molecule has 3 aromatic rings. The van der Waals surface area contributed by atoms with Gasteiger partial charge in [0.2, 0.25) is 10.0 Å². The third-order valence-corrected chi connectivity index (χ3v) is 7.17. The van der Waals surface area contributed by atoms with E-state index in [0.29, 0.717) is 18.7 Å². The van der Waals surface area contributed by atoms with Crippen molar-refractivity contribution in [2.75, 3.05) is 5.75 Å². The molecule has 3 rings (SSSR count). The fourth-order valence-corrected chi connectivity index (χ4v) is 5.28. The molecule has 30 heavy (non-hydrogen) atoms. The molecule has 0 aliphatic heterocycles. The largest absolute Gasteiger partial charge is 0.302 e. The van der Waals surface area contributed by atoms with Gasteiger partial charge in [-0.15, -0.1) is 16.8 Å². The molecular formula is C22H26N4O2S2. The van der Waals surface area contributed by atoms with Crippen LogP contribution in [-0.2, 0) is 16.6 Å².